The summed E-state index contributed by atoms with van der Waals surface area (Å²) in [6.45, 7) is -1.85. The Hall–Kier alpha value is -2.96. The highest BCUT2D eigenvalue weighted by atomic mass is 32.2. The number of amides is 1. The minimum atomic E-state index is -4.75. The van der Waals surface area contributed by atoms with Crippen LogP contribution in [0, 0.1) is 11.6 Å². The second kappa shape index (κ2) is 8.82. The zero-order valence-electron chi connectivity index (χ0n) is 13.8. The molecule has 13 heteroatoms. The summed E-state index contributed by atoms with van der Waals surface area (Å²) in [5.41, 5.74) is -0.154. The molecule has 0 unspecified atom stereocenters. The molecule has 7 nitrogen and oxygen atoms in total. The van der Waals surface area contributed by atoms with E-state index in [-0.39, 0.29) is 15.6 Å². The largest absolute Gasteiger partial charge is 0.478 e. The van der Waals surface area contributed by atoms with Crippen LogP contribution in [0.5, 0.6) is 5.75 Å². The summed E-state index contributed by atoms with van der Waals surface area (Å²) in [5, 5.41) is 9.40. The first-order chi connectivity index (χ1) is 13.1. The molecule has 1 N–H and O–H groups in total. The number of carbonyl (C=O) groups is 2. The number of nitrogens with one attached hydrogen (secondary N) is 1. The topological polar surface area (TPSA) is 89.3 Å². The van der Waals surface area contributed by atoms with Gasteiger partial charge in [-0.1, -0.05) is 0 Å². The van der Waals surface area contributed by atoms with Crippen molar-refractivity contribution in [2.45, 2.75) is 6.18 Å². The summed E-state index contributed by atoms with van der Waals surface area (Å²) in [5.74, 6) is -5.25. The van der Waals surface area contributed by atoms with Gasteiger partial charge in [-0.05, 0) is 23.9 Å². The van der Waals surface area contributed by atoms with Gasteiger partial charge in [0.05, 0.1) is 18.2 Å². The monoisotopic (exact) mass is 423 g/mol. The van der Waals surface area contributed by atoms with Crippen LogP contribution in [0.3, 0.4) is 0 Å². The summed E-state index contributed by atoms with van der Waals surface area (Å²) in [7, 11) is 1.13. The van der Waals surface area contributed by atoms with Crippen molar-refractivity contribution in [1.29, 1.82) is 0 Å². The Morgan fingerprint density at radius 1 is 1.29 bits per heavy atom. The Kier molecular flexibility index (Phi) is 6.72. The number of esters is 1. The van der Waals surface area contributed by atoms with E-state index in [0.717, 1.165) is 31.2 Å². The smallest absolute Gasteiger partial charge is 0.422 e. The number of benzene rings is 1. The Morgan fingerprint density at radius 2 is 1.93 bits per heavy atom. The number of ether oxygens (including phenoxy) is 2. The molecule has 0 saturated carbocycles. The molecule has 1 aromatic rings. The Labute approximate surface area is 158 Å². The molecule has 1 aliphatic heterocycles. The highest BCUT2D eigenvalue weighted by molar-refractivity contribution is 8.18. The number of amidine groups is 1. The number of carbonyl (C=O) groups excluding carboxylic acids is 2. The van der Waals surface area contributed by atoms with Crippen LogP contribution in [0.4, 0.5) is 22.0 Å². The van der Waals surface area contributed by atoms with Gasteiger partial charge >= 0.3 is 12.1 Å². The van der Waals surface area contributed by atoms with E-state index in [9.17, 15) is 31.5 Å². The second-order valence-corrected chi connectivity index (χ2v) is 5.99. The maximum absolute atomic E-state index is 13.7. The van der Waals surface area contributed by atoms with Crippen molar-refractivity contribution in [2.24, 2.45) is 10.2 Å². The predicted octanol–water partition coefficient (Wildman–Crippen LogP) is 2.52. The average molecular weight is 423 g/mol. The molecular formula is C15H10F5N3O4S. The van der Waals surface area contributed by atoms with Gasteiger partial charge in [-0.2, -0.15) is 18.3 Å². The number of nitrogens with zero attached hydrogens (tertiary/aromatic N) is 2. The fourth-order valence-electron chi connectivity index (χ4n) is 1.74. The van der Waals surface area contributed by atoms with Crippen molar-refractivity contribution in [3.63, 3.8) is 0 Å². The summed E-state index contributed by atoms with van der Waals surface area (Å²) < 4.78 is 72.2. The Balaban J connectivity index is 2.09. The standard InChI is InChI=1S/C15H10F5N3O4S/c1-26-11(24)4-10-13(25)22-14(28-10)23-21-5-7-2-8(16)12(9(17)3-7)27-6-15(18,19)20/h2-5H,6H2,1H3,(H,22,23,25)/b10-4+,21-5?. The lowest BCUT2D eigenvalue weighted by Crippen LogP contribution is -2.20. The molecule has 0 atom stereocenters. The molecule has 1 heterocycles. The number of hydrogen-bond donors (Lipinski definition) is 1. The molecule has 1 saturated heterocycles. The molecule has 0 bridgehead atoms. The number of thioether (sulfide) groups is 1. The van der Waals surface area contributed by atoms with Gasteiger partial charge in [-0.3, -0.25) is 10.1 Å². The number of alkyl halides is 3. The van der Waals surface area contributed by atoms with E-state index in [1.54, 1.807) is 0 Å². The molecule has 2 rings (SSSR count). The highest BCUT2D eigenvalue weighted by Crippen LogP contribution is 2.26. The summed E-state index contributed by atoms with van der Waals surface area (Å²) in [4.78, 5) is 22.7. The van der Waals surface area contributed by atoms with Crippen LogP contribution >= 0.6 is 11.8 Å². The minimum absolute atomic E-state index is 0.00375. The van der Waals surface area contributed by atoms with Crippen LogP contribution in [0.2, 0.25) is 0 Å². The molecule has 0 spiro atoms. The summed E-state index contributed by atoms with van der Waals surface area (Å²) >= 11 is 0.776. The van der Waals surface area contributed by atoms with Crippen molar-refractivity contribution in [2.75, 3.05) is 13.7 Å². The fraction of sp³-hybridized carbons (Fsp3) is 0.200. The van der Waals surface area contributed by atoms with Gasteiger partial charge in [-0.15, -0.1) is 5.10 Å². The molecule has 0 aromatic heterocycles. The molecule has 0 radical (unpaired) electrons. The summed E-state index contributed by atoms with van der Waals surface area (Å²) in [6, 6.07) is 1.39. The minimum Gasteiger partial charge on any atom is -0.478 e. The first-order valence-electron chi connectivity index (χ1n) is 7.17. The zero-order valence-corrected chi connectivity index (χ0v) is 14.7. The SMILES string of the molecule is COC(=O)/C=C1/S/C(=N\N=Cc2cc(F)c(OCC(F)(F)F)c(F)c2)NC1=O. The van der Waals surface area contributed by atoms with Crippen molar-refractivity contribution in [3.05, 3.63) is 40.3 Å². The molecule has 1 aliphatic rings. The molecule has 1 fully saturated rings. The van der Waals surface area contributed by atoms with E-state index in [4.69, 9.17) is 0 Å². The average Bonchev–Trinajstić information content (AvgIpc) is 2.92. The van der Waals surface area contributed by atoms with Crippen molar-refractivity contribution in [3.8, 4) is 5.75 Å². The van der Waals surface area contributed by atoms with Gasteiger partial charge in [0.1, 0.15) is 0 Å². The number of methoxy groups -OCH3 is 1. The molecule has 0 aliphatic carbocycles. The number of hydrogen-bond acceptors (Lipinski definition) is 7. The first-order valence-corrected chi connectivity index (χ1v) is 7.99. The highest BCUT2D eigenvalue weighted by Gasteiger charge is 2.30. The van der Waals surface area contributed by atoms with E-state index >= 15 is 0 Å². The van der Waals surface area contributed by atoms with Gasteiger partial charge in [0.15, 0.2) is 29.2 Å². The van der Waals surface area contributed by atoms with Gasteiger partial charge < -0.3 is 9.47 Å². The Morgan fingerprint density at radius 3 is 2.50 bits per heavy atom. The van der Waals surface area contributed by atoms with E-state index in [0.29, 0.717) is 12.1 Å². The maximum Gasteiger partial charge on any atom is 0.422 e. The van der Waals surface area contributed by atoms with E-state index in [2.05, 4.69) is 25.0 Å². The van der Waals surface area contributed by atoms with Crippen LogP contribution < -0.4 is 10.1 Å². The molecule has 28 heavy (non-hydrogen) atoms. The van der Waals surface area contributed by atoms with E-state index < -0.39 is 42.0 Å². The van der Waals surface area contributed by atoms with Crippen LogP contribution in [0.25, 0.3) is 0 Å². The number of rotatable bonds is 5. The van der Waals surface area contributed by atoms with E-state index in [1.807, 2.05) is 0 Å². The molecular weight excluding hydrogens is 413 g/mol. The van der Waals surface area contributed by atoms with Gasteiger partial charge in [-0.25, -0.2) is 13.6 Å². The molecule has 1 amide bonds. The fourth-order valence-corrected chi connectivity index (χ4v) is 2.47. The van der Waals surface area contributed by atoms with Crippen molar-refractivity contribution < 1.29 is 41.0 Å². The molecule has 1 aromatic carbocycles. The van der Waals surface area contributed by atoms with Crippen molar-refractivity contribution >= 4 is 35.0 Å². The second-order valence-electron chi connectivity index (χ2n) is 4.96. The maximum atomic E-state index is 13.7. The lowest BCUT2D eigenvalue weighted by Gasteiger charge is -2.10. The van der Waals surface area contributed by atoms with Gasteiger partial charge in [0.2, 0.25) is 0 Å². The lowest BCUT2D eigenvalue weighted by atomic mass is 10.2. The lowest BCUT2D eigenvalue weighted by molar-refractivity contribution is -0.154. The van der Waals surface area contributed by atoms with Crippen molar-refractivity contribution in [1.82, 2.24) is 5.32 Å². The van der Waals surface area contributed by atoms with Crippen LogP contribution in [0.1, 0.15) is 5.56 Å². The zero-order chi connectivity index (χ0) is 20.9. The van der Waals surface area contributed by atoms with Crippen LogP contribution in [-0.4, -0.2) is 43.2 Å². The third kappa shape index (κ3) is 6.04. The predicted molar refractivity (Wildman–Crippen MR) is 88.8 cm³/mol. The summed E-state index contributed by atoms with van der Waals surface area (Å²) in [6.07, 6.45) is -2.91. The Bertz CT molecular complexity index is 860. The van der Waals surface area contributed by atoms with Gasteiger partial charge in [0, 0.05) is 11.6 Å². The first kappa shape index (κ1) is 21.3. The third-order valence-corrected chi connectivity index (χ3v) is 3.76. The quantitative estimate of drug-likeness (QED) is 0.259. The third-order valence-electron chi connectivity index (χ3n) is 2.86. The normalized spacial score (nSPS) is 17.4. The number of halogens is 5. The van der Waals surface area contributed by atoms with Crippen LogP contribution in [-0.2, 0) is 14.3 Å². The van der Waals surface area contributed by atoms with E-state index in [1.165, 1.54) is 0 Å². The van der Waals surface area contributed by atoms with Crippen LogP contribution in [0.15, 0.2) is 33.3 Å². The van der Waals surface area contributed by atoms with Gasteiger partial charge in [0.25, 0.3) is 5.91 Å². The molecule has 150 valence electrons.